The van der Waals surface area contributed by atoms with Crippen LogP contribution in [0.4, 0.5) is 5.88 Å². The minimum absolute atomic E-state index is 0.135. The molecule has 0 aliphatic carbocycles. The first kappa shape index (κ1) is 17.6. The number of carbonyl (C=O) groups is 1. The van der Waals surface area contributed by atoms with Gasteiger partial charge in [-0.15, -0.1) is 0 Å². The molecule has 128 valence electrons. The highest BCUT2D eigenvalue weighted by Crippen LogP contribution is 2.36. The van der Waals surface area contributed by atoms with E-state index in [0.717, 1.165) is 6.07 Å². The summed E-state index contributed by atoms with van der Waals surface area (Å²) in [6, 6.07) is 5.67. The molecular formula is C15H15ClN2O6. The predicted molar refractivity (Wildman–Crippen MR) is 85.7 cm³/mol. The SMILES string of the molecule is CCOc1c(Cl)cc(CNC(=O)c2ccc([N+](=O)[O-])o2)cc1OC. The van der Waals surface area contributed by atoms with Gasteiger partial charge < -0.3 is 19.2 Å². The van der Waals surface area contributed by atoms with Gasteiger partial charge in [0.15, 0.2) is 17.3 Å². The molecule has 0 radical (unpaired) electrons. The maximum Gasteiger partial charge on any atom is 0.433 e. The van der Waals surface area contributed by atoms with Gasteiger partial charge in [0.25, 0.3) is 5.91 Å². The second-order valence-electron chi connectivity index (χ2n) is 4.62. The molecule has 2 rings (SSSR count). The van der Waals surface area contributed by atoms with Crippen LogP contribution in [0.5, 0.6) is 11.5 Å². The van der Waals surface area contributed by atoms with E-state index in [0.29, 0.717) is 28.7 Å². The summed E-state index contributed by atoms with van der Waals surface area (Å²) in [7, 11) is 1.48. The van der Waals surface area contributed by atoms with E-state index in [9.17, 15) is 14.9 Å². The Morgan fingerprint density at radius 2 is 2.17 bits per heavy atom. The number of ether oxygens (including phenoxy) is 2. The number of hydrogen-bond acceptors (Lipinski definition) is 6. The number of nitro groups is 1. The van der Waals surface area contributed by atoms with Crippen LogP contribution in [0.25, 0.3) is 0 Å². The predicted octanol–water partition coefficient (Wildman–Crippen LogP) is 3.18. The summed E-state index contributed by atoms with van der Waals surface area (Å²) in [5, 5.41) is 13.5. The van der Waals surface area contributed by atoms with E-state index in [4.69, 9.17) is 25.5 Å². The van der Waals surface area contributed by atoms with Crippen LogP contribution in [-0.2, 0) is 6.54 Å². The van der Waals surface area contributed by atoms with Crippen molar-refractivity contribution in [1.29, 1.82) is 0 Å². The molecule has 9 heteroatoms. The lowest BCUT2D eigenvalue weighted by Gasteiger charge is -2.13. The molecule has 1 amide bonds. The van der Waals surface area contributed by atoms with E-state index < -0.39 is 16.7 Å². The van der Waals surface area contributed by atoms with E-state index in [1.807, 2.05) is 6.92 Å². The number of nitrogens with zero attached hydrogens (tertiary/aromatic N) is 1. The molecule has 0 bridgehead atoms. The van der Waals surface area contributed by atoms with Gasteiger partial charge in [-0.05, 0) is 30.7 Å². The van der Waals surface area contributed by atoms with Gasteiger partial charge in [0, 0.05) is 6.54 Å². The molecule has 0 fully saturated rings. The normalized spacial score (nSPS) is 10.3. The number of benzene rings is 1. The zero-order valence-corrected chi connectivity index (χ0v) is 13.8. The maximum absolute atomic E-state index is 11.9. The third-order valence-electron chi connectivity index (χ3n) is 3.03. The number of nitrogens with one attached hydrogen (secondary N) is 1. The summed E-state index contributed by atoms with van der Waals surface area (Å²) in [5.41, 5.74) is 0.676. The zero-order chi connectivity index (χ0) is 17.7. The summed E-state index contributed by atoms with van der Waals surface area (Å²) in [6.45, 7) is 2.39. The summed E-state index contributed by atoms with van der Waals surface area (Å²) in [5.74, 6) is -0.343. The lowest BCUT2D eigenvalue weighted by Crippen LogP contribution is -2.22. The van der Waals surface area contributed by atoms with E-state index in [1.165, 1.54) is 13.2 Å². The van der Waals surface area contributed by atoms with Gasteiger partial charge in [0.1, 0.15) is 4.92 Å². The first-order valence-electron chi connectivity index (χ1n) is 6.97. The summed E-state index contributed by atoms with van der Waals surface area (Å²) >= 11 is 6.15. The maximum atomic E-state index is 11.9. The number of halogens is 1. The third-order valence-corrected chi connectivity index (χ3v) is 3.31. The minimum Gasteiger partial charge on any atom is -0.493 e. The molecule has 8 nitrogen and oxygen atoms in total. The summed E-state index contributed by atoms with van der Waals surface area (Å²) in [6.07, 6.45) is 0. The average Bonchev–Trinajstić information content (AvgIpc) is 3.05. The van der Waals surface area contributed by atoms with Crippen LogP contribution < -0.4 is 14.8 Å². The van der Waals surface area contributed by atoms with Crippen LogP contribution in [-0.4, -0.2) is 24.5 Å². The number of hydrogen-bond donors (Lipinski definition) is 1. The molecule has 0 aliphatic heterocycles. The Balaban J connectivity index is 2.09. The zero-order valence-electron chi connectivity index (χ0n) is 13.0. The molecule has 1 heterocycles. The van der Waals surface area contributed by atoms with Crippen molar-refractivity contribution in [3.05, 3.63) is 50.7 Å². The third kappa shape index (κ3) is 3.96. The molecule has 2 aromatic rings. The van der Waals surface area contributed by atoms with Gasteiger partial charge >= 0.3 is 5.88 Å². The van der Waals surface area contributed by atoms with Crippen LogP contribution in [0.3, 0.4) is 0 Å². The van der Waals surface area contributed by atoms with Crippen molar-refractivity contribution in [2.45, 2.75) is 13.5 Å². The van der Waals surface area contributed by atoms with Gasteiger partial charge in [0.05, 0.1) is 24.8 Å². The fraction of sp³-hybridized carbons (Fsp3) is 0.267. The molecule has 0 unspecified atom stereocenters. The number of rotatable bonds is 7. The first-order chi connectivity index (χ1) is 11.5. The van der Waals surface area contributed by atoms with Gasteiger partial charge in [0.2, 0.25) is 0 Å². The van der Waals surface area contributed by atoms with Crippen molar-refractivity contribution in [2.75, 3.05) is 13.7 Å². The number of furan rings is 1. The molecule has 0 spiro atoms. The molecule has 0 saturated carbocycles. The Bertz CT molecular complexity index is 758. The molecular weight excluding hydrogens is 340 g/mol. The van der Waals surface area contributed by atoms with Crippen molar-refractivity contribution in [3.8, 4) is 11.5 Å². The van der Waals surface area contributed by atoms with Gasteiger partial charge in [-0.1, -0.05) is 11.6 Å². The van der Waals surface area contributed by atoms with Crippen LogP contribution in [0.15, 0.2) is 28.7 Å². The first-order valence-corrected chi connectivity index (χ1v) is 7.35. The monoisotopic (exact) mass is 354 g/mol. The van der Waals surface area contributed by atoms with Crippen LogP contribution in [0.2, 0.25) is 5.02 Å². The highest BCUT2D eigenvalue weighted by atomic mass is 35.5. The van der Waals surface area contributed by atoms with E-state index in [1.54, 1.807) is 12.1 Å². The Morgan fingerprint density at radius 1 is 1.42 bits per heavy atom. The van der Waals surface area contributed by atoms with Crippen molar-refractivity contribution in [1.82, 2.24) is 5.32 Å². The van der Waals surface area contributed by atoms with E-state index in [-0.39, 0.29) is 12.3 Å². The van der Waals surface area contributed by atoms with Crippen molar-refractivity contribution in [3.63, 3.8) is 0 Å². The quantitative estimate of drug-likeness (QED) is 0.605. The van der Waals surface area contributed by atoms with Crippen molar-refractivity contribution in [2.24, 2.45) is 0 Å². The van der Waals surface area contributed by atoms with Gasteiger partial charge in [-0.25, -0.2) is 0 Å². The average molecular weight is 355 g/mol. The van der Waals surface area contributed by atoms with E-state index in [2.05, 4.69) is 5.32 Å². The smallest absolute Gasteiger partial charge is 0.433 e. The highest BCUT2D eigenvalue weighted by molar-refractivity contribution is 6.32. The largest absolute Gasteiger partial charge is 0.493 e. The minimum atomic E-state index is -0.714. The van der Waals surface area contributed by atoms with Gasteiger partial charge in [-0.2, -0.15) is 0 Å². The molecule has 1 aromatic heterocycles. The van der Waals surface area contributed by atoms with E-state index >= 15 is 0 Å². The second kappa shape index (κ2) is 7.69. The van der Waals surface area contributed by atoms with Crippen molar-refractivity contribution >= 4 is 23.4 Å². The number of methoxy groups -OCH3 is 1. The molecule has 1 aromatic carbocycles. The van der Waals surface area contributed by atoms with Crippen LogP contribution >= 0.6 is 11.6 Å². The number of carbonyl (C=O) groups excluding carboxylic acids is 1. The highest BCUT2D eigenvalue weighted by Gasteiger charge is 2.17. The van der Waals surface area contributed by atoms with Gasteiger partial charge in [-0.3, -0.25) is 14.9 Å². The molecule has 0 aliphatic rings. The summed E-state index contributed by atoms with van der Waals surface area (Å²) in [4.78, 5) is 21.8. The fourth-order valence-corrected chi connectivity index (χ4v) is 2.26. The van der Waals surface area contributed by atoms with Crippen LogP contribution in [0.1, 0.15) is 23.0 Å². The number of amides is 1. The summed E-state index contributed by atoms with van der Waals surface area (Å²) < 4.78 is 15.5. The second-order valence-corrected chi connectivity index (χ2v) is 5.03. The Morgan fingerprint density at radius 3 is 2.75 bits per heavy atom. The molecule has 0 atom stereocenters. The topological polar surface area (TPSA) is 104 Å². The Kier molecular flexibility index (Phi) is 5.64. The molecule has 0 saturated heterocycles. The Labute approximate surface area is 142 Å². The fourth-order valence-electron chi connectivity index (χ4n) is 1.98. The lowest BCUT2D eigenvalue weighted by molar-refractivity contribution is -0.402. The van der Waals surface area contributed by atoms with Crippen LogP contribution in [0, 0.1) is 10.1 Å². The standard InChI is InChI=1S/C15H15ClN2O6/c1-3-23-14-10(16)6-9(7-12(14)22-2)8-17-15(19)11-4-5-13(24-11)18(20)21/h4-7H,3,8H2,1-2H3,(H,17,19). The van der Waals surface area contributed by atoms with Crippen molar-refractivity contribution < 1.29 is 23.6 Å². The Hall–Kier alpha value is -2.74. The molecule has 24 heavy (non-hydrogen) atoms. The molecule has 1 N–H and O–H groups in total. The lowest BCUT2D eigenvalue weighted by atomic mass is 10.2.